The predicted molar refractivity (Wildman–Crippen MR) is 75.8 cm³/mol. The summed E-state index contributed by atoms with van der Waals surface area (Å²) in [7, 11) is 4.49. The molecule has 0 aliphatic rings. The monoisotopic (exact) mass is 284 g/mol. The lowest BCUT2D eigenvalue weighted by Crippen LogP contribution is -2.36. The van der Waals surface area contributed by atoms with Gasteiger partial charge in [-0.1, -0.05) is 0 Å². The first-order valence-electron chi connectivity index (χ1n) is 6.02. The first-order chi connectivity index (χ1) is 9.34. The molecule has 1 aromatic rings. The van der Waals surface area contributed by atoms with Crippen LogP contribution in [0.1, 0.15) is 13.8 Å². The Kier molecular flexibility index (Phi) is 5.15. The standard InChI is InChI=1S/C13H20N2O5/c1-13(2,8-18-3)14-9-6-11(19-4)12(20-5)7-10(9)15(16)17/h6-7,14H,8H2,1-5H3. The van der Waals surface area contributed by atoms with Crippen LogP contribution < -0.4 is 14.8 Å². The van der Waals surface area contributed by atoms with Gasteiger partial charge in [0.1, 0.15) is 5.69 Å². The van der Waals surface area contributed by atoms with Gasteiger partial charge >= 0.3 is 0 Å². The molecule has 20 heavy (non-hydrogen) atoms. The number of benzene rings is 1. The van der Waals surface area contributed by atoms with Crippen LogP contribution >= 0.6 is 0 Å². The molecule has 112 valence electrons. The molecule has 0 atom stereocenters. The van der Waals surface area contributed by atoms with Gasteiger partial charge in [0, 0.05) is 13.2 Å². The van der Waals surface area contributed by atoms with Gasteiger partial charge in [-0.15, -0.1) is 0 Å². The largest absolute Gasteiger partial charge is 0.493 e. The van der Waals surface area contributed by atoms with E-state index in [-0.39, 0.29) is 5.69 Å². The number of anilines is 1. The van der Waals surface area contributed by atoms with Crippen molar-refractivity contribution < 1.29 is 19.1 Å². The minimum absolute atomic E-state index is 0.0770. The van der Waals surface area contributed by atoms with Crippen LogP contribution in [-0.2, 0) is 4.74 Å². The number of rotatable bonds is 7. The normalized spacial score (nSPS) is 11.1. The number of nitrogens with zero attached hydrogens (tertiary/aromatic N) is 1. The number of methoxy groups -OCH3 is 3. The second-order valence-corrected chi connectivity index (χ2v) is 4.92. The Morgan fingerprint density at radius 3 is 2.20 bits per heavy atom. The van der Waals surface area contributed by atoms with E-state index in [1.807, 2.05) is 13.8 Å². The number of ether oxygens (including phenoxy) is 3. The molecule has 1 N–H and O–H groups in total. The van der Waals surface area contributed by atoms with Crippen molar-refractivity contribution in [3.8, 4) is 11.5 Å². The van der Waals surface area contributed by atoms with Crippen molar-refractivity contribution in [1.29, 1.82) is 0 Å². The first kappa shape index (κ1) is 16.0. The molecule has 0 bridgehead atoms. The van der Waals surface area contributed by atoms with Crippen LogP contribution in [0, 0.1) is 10.1 Å². The zero-order chi connectivity index (χ0) is 15.3. The van der Waals surface area contributed by atoms with Crippen molar-refractivity contribution in [3.63, 3.8) is 0 Å². The Labute approximate surface area is 118 Å². The SMILES string of the molecule is COCC(C)(C)Nc1cc(OC)c(OC)cc1[N+](=O)[O-]. The minimum atomic E-state index is -0.465. The van der Waals surface area contributed by atoms with Crippen LogP contribution in [0.5, 0.6) is 11.5 Å². The Morgan fingerprint density at radius 2 is 1.75 bits per heavy atom. The fourth-order valence-corrected chi connectivity index (χ4v) is 1.88. The quantitative estimate of drug-likeness (QED) is 0.611. The highest BCUT2D eigenvalue weighted by molar-refractivity contribution is 5.69. The van der Waals surface area contributed by atoms with Gasteiger partial charge in [-0.3, -0.25) is 10.1 Å². The lowest BCUT2D eigenvalue weighted by molar-refractivity contribution is -0.384. The molecule has 0 fully saturated rings. The topological polar surface area (TPSA) is 82.9 Å². The van der Waals surface area contributed by atoms with Crippen LogP contribution in [0.15, 0.2) is 12.1 Å². The molecule has 0 radical (unpaired) electrons. The van der Waals surface area contributed by atoms with E-state index in [0.717, 1.165) is 0 Å². The van der Waals surface area contributed by atoms with Gasteiger partial charge in [-0.2, -0.15) is 0 Å². The van der Waals surface area contributed by atoms with Gasteiger partial charge in [0.05, 0.1) is 37.4 Å². The summed E-state index contributed by atoms with van der Waals surface area (Å²) < 4.78 is 15.3. The number of nitro groups is 1. The van der Waals surface area contributed by atoms with Gasteiger partial charge in [0.25, 0.3) is 5.69 Å². The molecule has 1 rings (SSSR count). The van der Waals surface area contributed by atoms with E-state index in [2.05, 4.69) is 5.32 Å². The van der Waals surface area contributed by atoms with Crippen LogP contribution in [0.25, 0.3) is 0 Å². The lowest BCUT2D eigenvalue weighted by Gasteiger charge is -2.26. The molecule has 0 amide bonds. The maximum absolute atomic E-state index is 11.2. The maximum Gasteiger partial charge on any atom is 0.296 e. The van der Waals surface area contributed by atoms with Gasteiger partial charge < -0.3 is 19.5 Å². The van der Waals surface area contributed by atoms with Crippen LogP contribution in [0.2, 0.25) is 0 Å². The van der Waals surface area contributed by atoms with Gasteiger partial charge in [-0.25, -0.2) is 0 Å². The van der Waals surface area contributed by atoms with E-state index < -0.39 is 10.5 Å². The molecular weight excluding hydrogens is 264 g/mol. The van der Waals surface area contributed by atoms with Crippen molar-refractivity contribution >= 4 is 11.4 Å². The van der Waals surface area contributed by atoms with Crippen molar-refractivity contribution in [2.24, 2.45) is 0 Å². The third-order valence-corrected chi connectivity index (χ3v) is 2.68. The summed E-state index contributed by atoms with van der Waals surface area (Å²) >= 11 is 0. The Balaban J connectivity index is 3.25. The molecule has 7 nitrogen and oxygen atoms in total. The second-order valence-electron chi connectivity index (χ2n) is 4.92. The van der Waals surface area contributed by atoms with Crippen molar-refractivity contribution in [1.82, 2.24) is 0 Å². The molecule has 7 heteroatoms. The second kappa shape index (κ2) is 6.42. The Bertz CT molecular complexity index is 488. The molecule has 0 saturated heterocycles. The maximum atomic E-state index is 11.2. The molecule has 1 aromatic carbocycles. The molecule has 0 heterocycles. The van der Waals surface area contributed by atoms with Crippen LogP contribution in [-0.4, -0.2) is 38.4 Å². The van der Waals surface area contributed by atoms with Gasteiger partial charge in [0.15, 0.2) is 11.5 Å². The van der Waals surface area contributed by atoms with Crippen molar-refractivity contribution in [2.45, 2.75) is 19.4 Å². The molecule has 0 aliphatic heterocycles. The van der Waals surface area contributed by atoms with E-state index in [1.54, 1.807) is 13.2 Å². The third-order valence-electron chi connectivity index (χ3n) is 2.68. The average molecular weight is 284 g/mol. The highest BCUT2D eigenvalue weighted by Gasteiger charge is 2.25. The molecule has 0 aliphatic carbocycles. The predicted octanol–water partition coefficient (Wildman–Crippen LogP) is 2.45. The first-order valence-corrected chi connectivity index (χ1v) is 6.02. The number of hydrogen-bond donors (Lipinski definition) is 1. The summed E-state index contributed by atoms with van der Waals surface area (Å²) in [5, 5.41) is 14.3. The Hall–Kier alpha value is -2.02. The van der Waals surface area contributed by atoms with Crippen molar-refractivity contribution in [3.05, 3.63) is 22.2 Å². The fraction of sp³-hybridized carbons (Fsp3) is 0.538. The molecule has 0 saturated carbocycles. The van der Waals surface area contributed by atoms with E-state index in [9.17, 15) is 10.1 Å². The minimum Gasteiger partial charge on any atom is -0.493 e. The summed E-state index contributed by atoms with van der Waals surface area (Å²) in [6, 6.07) is 2.89. The number of nitro benzene ring substituents is 1. The summed E-state index contributed by atoms with van der Waals surface area (Å²) in [5.74, 6) is 0.739. The van der Waals surface area contributed by atoms with E-state index in [0.29, 0.717) is 23.8 Å². The smallest absolute Gasteiger partial charge is 0.296 e. The molecular formula is C13H20N2O5. The summed E-state index contributed by atoms with van der Waals surface area (Å²) in [5.41, 5.74) is -0.180. The van der Waals surface area contributed by atoms with Crippen LogP contribution in [0.3, 0.4) is 0 Å². The highest BCUT2D eigenvalue weighted by Crippen LogP contribution is 2.38. The molecule has 0 spiro atoms. The lowest BCUT2D eigenvalue weighted by atomic mass is 10.1. The zero-order valence-corrected chi connectivity index (χ0v) is 12.4. The number of hydrogen-bond acceptors (Lipinski definition) is 6. The summed E-state index contributed by atoms with van der Waals surface area (Å²) in [6.45, 7) is 4.17. The fourth-order valence-electron chi connectivity index (χ4n) is 1.88. The third kappa shape index (κ3) is 3.74. The van der Waals surface area contributed by atoms with Gasteiger partial charge in [0.2, 0.25) is 0 Å². The van der Waals surface area contributed by atoms with E-state index >= 15 is 0 Å². The molecule has 0 aromatic heterocycles. The average Bonchev–Trinajstić information content (AvgIpc) is 2.37. The van der Waals surface area contributed by atoms with Gasteiger partial charge in [-0.05, 0) is 13.8 Å². The number of nitrogens with one attached hydrogen (secondary N) is 1. The van der Waals surface area contributed by atoms with Crippen molar-refractivity contribution in [2.75, 3.05) is 33.3 Å². The van der Waals surface area contributed by atoms with E-state index in [1.165, 1.54) is 20.3 Å². The molecule has 0 unspecified atom stereocenters. The van der Waals surface area contributed by atoms with E-state index in [4.69, 9.17) is 14.2 Å². The zero-order valence-electron chi connectivity index (χ0n) is 12.4. The summed E-state index contributed by atoms with van der Waals surface area (Å²) in [4.78, 5) is 10.7. The summed E-state index contributed by atoms with van der Waals surface area (Å²) in [6.07, 6.45) is 0. The highest BCUT2D eigenvalue weighted by atomic mass is 16.6. The van der Waals surface area contributed by atoms with Crippen LogP contribution in [0.4, 0.5) is 11.4 Å². The Morgan fingerprint density at radius 1 is 1.20 bits per heavy atom.